The van der Waals surface area contributed by atoms with E-state index < -0.39 is 11.7 Å². The molecule has 0 aliphatic carbocycles. The van der Waals surface area contributed by atoms with E-state index in [-0.39, 0.29) is 36.3 Å². The molecule has 2 bridgehead atoms. The Morgan fingerprint density at radius 3 is 2.53 bits per heavy atom. The number of halogens is 3. The highest BCUT2D eigenvalue weighted by Gasteiger charge is 2.47. The van der Waals surface area contributed by atoms with Crippen molar-refractivity contribution in [1.29, 1.82) is 0 Å². The van der Waals surface area contributed by atoms with Crippen LogP contribution in [0.2, 0.25) is 0 Å². The number of ether oxygens (including phenoxy) is 1. The highest BCUT2D eigenvalue weighted by Crippen LogP contribution is 2.39. The number of piperazine rings is 1. The molecule has 3 atom stereocenters. The summed E-state index contributed by atoms with van der Waals surface area (Å²) < 4.78 is 44.2. The van der Waals surface area contributed by atoms with E-state index in [2.05, 4.69) is 29.8 Å². The second-order valence-electron chi connectivity index (χ2n) is 9.13. The number of hydrogen-bond acceptors (Lipinski definition) is 5. The molecule has 2 aromatic rings. The molecule has 1 aromatic carbocycles. The maximum atomic E-state index is 12.9. The molecule has 2 fully saturated rings. The van der Waals surface area contributed by atoms with Gasteiger partial charge in [0.1, 0.15) is 11.4 Å². The summed E-state index contributed by atoms with van der Waals surface area (Å²) in [6, 6.07) is 6.50. The van der Waals surface area contributed by atoms with E-state index >= 15 is 0 Å². The van der Waals surface area contributed by atoms with Crippen molar-refractivity contribution in [3.05, 3.63) is 58.4 Å². The van der Waals surface area contributed by atoms with Crippen LogP contribution in [0.4, 0.5) is 13.2 Å². The summed E-state index contributed by atoms with van der Waals surface area (Å²) >= 11 is 0. The Morgan fingerprint density at radius 1 is 1.18 bits per heavy atom. The number of hydrogen-bond donors (Lipinski definition) is 1. The van der Waals surface area contributed by atoms with Gasteiger partial charge in [-0.25, -0.2) is 0 Å². The maximum Gasteiger partial charge on any atom is 0.417 e. The van der Waals surface area contributed by atoms with Crippen molar-refractivity contribution in [2.75, 3.05) is 26.3 Å². The first-order valence-corrected chi connectivity index (χ1v) is 11.6. The zero-order chi connectivity index (χ0) is 24.6. The maximum absolute atomic E-state index is 12.9. The van der Waals surface area contributed by atoms with Crippen molar-refractivity contribution in [2.45, 2.75) is 57.9 Å². The van der Waals surface area contributed by atoms with Gasteiger partial charge < -0.3 is 14.7 Å². The summed E-state index contributed by atoms with van der Waals surface area (Å²) in [6.07, 6.45) is -2.32. The van der Waals surface area contributed by atoms with Crippen molar-refractivity contribution in [2.24, 2.45) is 0 Å². The molecule has 1 N–H and O–H groups in total. The number of likely N-dealkylation sites (tertiary alicyclic amines) is 2. The third kappa shape index (κ3) is 4.63. The fraction of sp³-hybridized carbons (Fsp3) is 0.520. The largest absolute Gasteiger partial charge is 0.493 e. The van der Waals surface area contributed by atoms with E-state index in [9.17, 15) is 18.0 Å². The van der Waals surface area contributed by atoms with Gasteiger partial charge in [-0.1, -0.05) is 6.07 Å². The van der Waals surface area contributed by atoms with Gasteiger partial charge in [0.05, 0.1) is 12.2 Å². The molecule has 0 radical (unpaired) electrons. The molecule has 2 aliphatic rings. The molecule has 0 saturated carbocycles. The number of rotatable bonds is 7. The van der Waals surface area contributed by atoms with Gasteiger partial charge >= 0.3 is 6.18 Å². The molecule has 34 heavy (non-hydrogen) atoms. The number of aromatic nitrogens is 1. The van der Waals surface area contributed by atoms with E-state index in [1.165, 1.54) is 11.1 Å². The van der Waals surface area contributed by atoms with Gasteiger partial charge in [0, 0.05) is 50.4 Å². The minimum Gasteiger partial charge on any atom is -0.493 e. The first-order chi connectivity index (χ1) is 16.1. The zero-order valence-electron chi connectivity index (χ0n) is 19.6. The van der Waals surface area contributed by atoms with Crippen LogP contribution >= 0.6 is 0 Å². The van der Waals surface area contributed by atoms with Crippen molar-refractivity contribution < 1.29 is 27.8 Å². The summed E-state index contributed by atoms with van der Waals surface area (Å²) in [4.78, 5) is 20.9. The number of pyridine rings is 1. The Morgan fingerprint density at radius 2 is 1.94 bits per heavy atom. The summed E-state index contributed by atoms with van der Waals surface area (Å²) in [6.45, 7) is 8.10. The third-order valence-corrected chi connectivity index (χ3v) is 7.14. The number of aliphatic hydroxyl groups is 1. The van der Waals surface area contributed by atoms with E-state index in [4.69, 9.17) is 9.84 Å². The van der Waals surface area contributed by atoms with Gasteiger partial charge in [0.25, 0.3) is 5.91 Å². The zero-order valence-corrected chi connectivity index (χ0v) is 19.6. The van der Waals surface area contributed by atoms with Gasteiger partial charge in [0.2, 0.25) is 0 Å². The van der Waals surface area contributed by atoms with Crippen LogP contribution in [0.5, 0.6) is 5.75 Å². The average Bonchev–Trinajstić information content (AvgIpc) is 3.42. The molecular weight excluding hydrogens is 447 g/mol. The molecule has 0 spiro atoms. The van der Waals surface area contributed by atoms with Crippen LogP contribution in [0.1, 0.15) is 58.5 Å². The lowest BCUT2D eigenvalue weighted by Gasteiger charge is -2.38. The Hall–Kier alpha value is -2.65. The minimum atomic E-state index is -4.47. The standard InChI is InChI=1S/C25H30F3N3O3/c1-15-16(2)23(34-10-4-9-32)8-6-21(15)17(3)30-13-20-11-19(30)14-31(20)24(33)22-7-5-18(12-29-22)25(26,27)28/h5-8,12,17,19-20,32H,4,9-11,13-14H2,1-3H3/t17-,19-,20-/m0/s1. The number of carbonyl (C=O) groups excluding carboxylic acids is 1. The summed E-state index contributed by atoms with van der Waals surface area (Å²) in [5.41, 5.74) is 2.64. The van der Waals surface area contributed by atoms with Crippen LogP contribution in [0.15, 0.2) is 30.5 Å². The van der Waals surface area contributed by atoms with Crippen molar-refractivity contribution in [1.82, 2.24) is 14.8 Å². The topological polar surface area (TPSA) is 65.9 Å². The Labute approximate surface area is 197 Å². The molecule has 3 heterocycles. The summed E-state index contributed by atoms with van der Waals surface area (Å²) in [5.74, 6) is 0.510. The predicted octanol–water partition coefficient (Wildman–Crippen LogP) is 4.14. The van der Waals surface area contributed by atoms with Crippen LogP contribution in [-0.2, 0) is 6.18 Å². The van der Waals surface area contributed by atoms with Gasteiger partial charge in [-0.15, -0.1) is 0 Å². The smallest absolute Gasteiger partial charge is 0.417 e. The van der Waals surface area contributed by atoms with Crippen molar-refractivity contribution in [3.63, 3.8) is 0 Å². The molecule has 1 aromatic heterocycles. The van der Waals surface area contributed by atoms with E-state index in [1.54, 1.807) is 4.90 Å². The molecular formula is C25H30F3N3O3. The molecule has 1 amide bonds. The quantitative estimate of drug-likeness (QED) is 0.608. The van der Waals surface area contributed by atoms with Crippen molar-refractivity contribution >= 4 is 5.91 Å². The number of carbonyl (C=O) groups is 1. The van der Waals surface area contributed by atoms with Gasteiger partial charge in [-0.2, -0.15) is 13.2 Å². The number of fused-ring (bicyclic) bond motifs is 2. The van der Waals surface area contributed by atoms with Crippen LogP contribution in [0.3, 0.4) is 0 Å². The third-order valence-electron chi connectivity index (χ3n) is 7.14. The summed E-state index contributed by atoms with van der Waals surface area (Å²) in [5, 5.41) is 8.96. The first-order valence-electron chi connectivity index (χ1n) is 11.6. The number of benzene rings is 1. The number of amides is 1. The van der Waals surface area contributed by atoms with Crippen LogP contribution in [0, 0.1) is 13.8 Å². The lowest BCUT2D eigenvalue weighted by molar-refractivity contribution is -0.137. The Bertz CT molecular complexity index is 1040. The summed E-state index contributed by atoms with van der Waals surface area (Å²) in [7, 11) is 0. The minimum absolute atomic E-state index is 0.0199. The molecule has 0 unspecified atom stereocenters. The van der Waals surface area contributed by atoms with Crippen LogP contribution in [-0.4, -0.2) is 64.2 Å². The molecule has 2 saturated heterocycles. The molecule has 9 heteroatoms. The predicted molar refractivity (Wildman–Crippen MR) is 121 cm³/mol. The molecule has 2 aliphatic heterocycles. The van der Waals surface area contributed by atoms with Gasteiger partial charge in [-0.05, 0) is 62.1 Å². The fourth-order valence-electron chi connectivity index (χ4n) is 5.11. The van der Waals surface area contributed by atoms with E-state index in [1.807, 2.05) is 13.0 Å². The highest BCUT2D eigenvalue weighted by molar-refractivity contribution is 5.93. The highest BCUT2D eigenvalue weighted by atomic mass is 19.4. The van der Waals surface area contributed by atoms with Gasteiger partial charge in [-0.3, -0.25) is 14.7 Å². The number of nitrogens with zero attached hydrogens (tertiary/aromatic N) is 3. The second-order valence-corrected chi connectivity index (χ2v) is 9.13. The molecule has 6 nitrogen and oxygen atoms in total. The fourth-order valence-corrected chi connectivity index (χ4v) is 5.11. The number of alkyl halides is 3. The Kier molecular flexibility index (Phi) is 6.87. The van der Waals surface area contributed by atoms with Crippen LogP contribution in [0.25, 0.3) is 0 Å². The molecule has 4 rings (SSSR count). The average molecular weight is 478 g/mol. The Balaban J connectivity index is 1.42. The normalized spacial score (nSPS) is 21.2. The monoisotopic (exact) mass is 477 g/mol. The second kappa shape index (κ2) is 9.54. The SMILES string of the molecule is Cc1c(OCCCO)ccc([C@H](C)N2C[C@@H]3C[C@H]2CN3C(=O)c2ccc(C(F)(F)F)cn2)c1C. The van der Waals surface area contributed by atoms with Gasteiger partial charge in [0.15, 0.2) is 0 Å². The lowest BCUT2D eigenvalue weighted by Crippen LogP contribution is -2.49. The molecule has 184 valence electrons. The number of aliphatic hydroxyl groups excluding tert-OH is 1. The lowest BCUT2D eigenvalue weighted by atomic mass is 9.96. The van der Waals surface area contributed by atoms with Crippen LogP contribution < -0.4 is 4.74 Å². The van der Waals surface area contributed by atoms with E-state index in [0.717, 1.165) is 36.1 Å². The van der Waals surface area contributed by atoms with Crippen molar-refractivity contribution in [3.8, 4) is 5.75 Å². The van der Waals surface area contributed by atoms with E-state index in [0.29, 0.717) is 26.1 Å². The first kappa shape index (κ1) is 24.5.